The van der Waals surface area contributed by atoms with Crippen LogP contribution < -0.4 is 5.32 Å². The van der Waals surface area contributed by atoms with Crippen molar-refractivity contribution in [2.24, 2.45) is 0 Å². The molecule has 0 spiro atoms. The second-order valence-corrected chi connectivity index (χ2v) is 7.32. The Morgan fingerprint density at radius 2 is 2.04 bits per heavy atom. The quantitative estimate of drug-likeness (QED) is 0.733. The lowest BCUT2D eigenvalue weighted by atomic mass is 10.1. The highest BCUT2D eigenvalue weighted by Gasteiger charge is 2.28. The maximum Gasteiger partial charge on any atom is 0.241 e. The van der Waals surface area contributed by atoms with Crippen molar-refractivity contribution in [3.05, 3.63) is 64.8 Å². The van der Waals surface area contributed by atoms with Crippen molar-refractivity contribution in [3.8, 4) is 5.82 Å². The standard InChI is InChI=1S/C20H21ClN6O/c1-13(20(28)25-17-5-3-16(21)4-6-17)26-10-8-18-15(12-26)11-23-27(18)19-7-9-22-14(2)24-19/h3-7,9,11,13H,8,10,12H2,1-2H3,(H,25,28). The largest absolute Gasteiger partial charge is 0.325 e. The van der Waals surface area contributed by atoms with Gasteiger partial charge in [-0.1, -0.05) is 11.6 Å². The molecule has 1 aliphatic heterocycles. The molecule has 1 aromatic carbocycles. The van der Waals surface area contributed by atoms with Gasteiger partial charge in [-0.2, -0.15) is 5.10 Å². The molecule has 3 aromatic rings. The number of fused-ring (bicyclic) bond motifs is 1. The summed E-state index contributed by atoms with van der Waals surface area (Å²) in [6.07, 6.45) is 4.41. The van der Waals surface area contributed by atoms with Crippen LogP contribution in [-0.4, -0.2) is 43.1 Å². The number of anilines is 1. The normalized spacial score (nSPS) is 15.1. The van der Waals surface area contributed by atoms with Crippen LogP contribution >= 0.6 is 11.6 Å². The van der Waals surface area contributed by atoms with Gasteiger partial charge in [0.15, 0.2) is 5.82 Å². The lowest BCUT2D eigenvalue weighted by Crippen LogP contribution is -2.44. The molecule has 3 heterocycles. The number of nitrogens with zero attached hydrogens (tertiary/aromatic N) is 5. The van der Waals surface area contributed by atoms with Crippen LogP contribution in [0.3, 0.4) is 0 Å². The van der Waals surface area contributed by atoms with Crippen LogP contribution in [0, 0.1) is 6.92 Å². The van der Waals surface area contributed by atoms with Crippen LogP contribution in [0.2, 0.25) is 5.02 Å². The van der Waals surface area contributed by atoms with E-state index in [1.165, 1.54) is 0 Å². The summed E-state index contributed by atoms with van der Waals surface area (Å²) in [5.74, 6) is 1.45. The number of nitrogens with one attached hydrogen (secondary N) is 1. The van der Waals surface area contributed by atoms with Crippen LogP contribution in [-0.2, 0) is 17.8 Å². The van der Waals surface area contributed by atoms with Crippen molar-refractivity contribution < 1.29 is 4.79 Å². The number of aryl methyl sites for hydroxylation is 1. The Morgan fingerprint density at radius 1 is 1.25 bits per heavy atom. The fourth-order valence-corrected chi connectivity index (χ4v) is 3.51. The maximum absolute atomic E-state index is 12.6. The van der Waals surface area contributed by atoms with Gasteiger partial charge in [0.2, 0.25) is 5.91 Å². The number of rotatable bonds is 4. The van der Waals surface area contributed by atoms with Gasteiger partial charge in [-0.15, -0.1) is 0 Å². The zero-order valence-corrected chi connectivity index (χ0v) is 16.5. The molecular weight excluding hydrogens is 376 g/mol. The van der Waals surface area contributed by atoms with E-state index in [1.54, 1.807) is 30.5 Å². The zero-order valence-electron chi connectivity index (χ0n) is 15.8. The molecule has 144 valence electrons. The zero-order chi connectivity index (χ0) is 19.7. The smallest absolute Gasteiger partial charge is 0.241 e. The number of hydrogen-bond acceptors (Lipinski definition) is 5. The molecule has 1 amide bonds. The Kier molecular flexibility index (Phi) is 5.11. The number of aromatic nitrogens is 4. The molecule has 28 heavy (non-hydrogen) atoms. The van der Waals surface area contributed by atoms with E-state index in [2.05, 4.69) is 25.3 Å². The number of hydrogen-bond donors (Lipinski definition) is 1. The summed E-state index contributed by atoms with van der Waals surface area (Å²) < 4.78 is 1.87. The summed E-state index contributed by atoms with van der Waals surface area (Å²) in [7, 11) is 0. The lowest BCUT2D eigenvalue weighted by Gasteiger charge is -2.31. The fourth-order valence-electron chi connectivity index (χ4n) is 3.39. The third-order valence-corrected chi connectivity index (χ3v) is 5.23. The number of carbonyl (C=O) groups excluding carboxylic acids is 1. The SMILES string of the molecule is Cc1nccc(-n2ncc3c2CCN(C(C)C(=O)Nc2ccc(Cl)cc2)C3)n1. The highest BCUT2D eigenvalue weighted by atomic mass is 35.5. The third kappa shape index (κ3) is 3.76. The van der Waals surface area contributed by atoms with Gasteiger partial charge in [-0.25, -0.2) is 14.6 Å². The molecule has 7 nitrogen and oxygen atoms in total. The van der Waals surface area contributed by atoms with E-state index in [0.717, 1.165) is 35.7 Å². The highest BCUT2D eigenvalue weighted by Crippen LogP contribution is 2.23. The Balaban J connectivity index is 1.46. The minimum atomic E-state index is -0.256. The first-order valence-electron chi connectivity index (χ1n) is 9.17. The molecule has 0 bridgehead atoms. The van der Waals surface area contributed by atoms with Crippen LogP contribution in [0.25, 0.3) is 5.82 Å². The van der Waals surface area contributed by atoms with Crippen LogP contribution in [0.15, 0.2) is 42.7 Å². The monoisotopic (exact) mass is 396 g/mol. The second kappa shape index (κ2) is 7.69. The topological polar surface area (TPSA) is 75.9 Å². The predicted molar refractivity (Wildman–Crippen MR) is 108 cm³/mol. The van der Waals surface area contributed by atoms with Gasteiger partial charge in [-0.3, -0.25) is 9.69 Å². The first-order valence-corrected chi connectivity index (χ1v) is 9.55. The van der Waals surface area contributed by atoms with Crippen molar-refractivity contribution in [1.29, 1.82) is 0 Å². The maximum atomic E-state index is 12.6. The van der Waals surface area contributed by atoms with Gasteiger partial charge >= 0.3 is 0 Å². The Hall–Kier alpha value is -2.77. The third-order valence-electron chi connectivity index (χ3n) is 4.98. The molecule has 0 fully saturated rings. The van der Waals surface area contributed by atoms with Crippen LogP contribution in [0.4, 0.5) is 5.69 Å². The minimum absolute atomic E-state index is 0.0374. The predicted octanol–water partition coefficient (Wildman–Crippen LogP) is 3.01. The molecule has 1 aliphatic rings. The Labute approximate surface area is 168 Å². The summed E-state index contributed by atoms with van der Waals surface area (Å²) in [6, 6.07) is 8.73. The second-order valence-electron chi connectivity index (χ2n) is 6.88. The molecule has 4 rings (SSSR count). The molecule has 1 N–H and O–H groups in total. The highest BCUT2D eigenvalue weighted by molar-refractivity contribution is 6.30. The summed E-state index contributed by atoms with van der Waals surface area (Å²) >= 11 is 5.90. The number of benzene rings is 1. The van der Waals surface area contributed by atoms with Crippen molar-refractivity contribution in [1.82, 2.24) is 24.6 Å². The van der Waals surface area contributed by atoms with Crippen molar-refractivity contribution in [2.75, 3.05) is 11.9 Å². The van der Waals surface area contributed by atoms with Gasteiger partial charge in [-0.05, 0) is 38.1 Å². The minimum Gasteiger partial charge on any atom is -0.325 e. The van der Waals surface area contributed by atoms with Crippen molar-refractivity contribution in [2.45, 2.75) is 32.9 Å². The molecular formula is C20H21ClN6O. The van der Waals surface area contributed by atoms with E-state index in [4.69, 9.17) is 11.6 Å². The molecule has 0 saturated carbocycles. The molecule has 1 atom stereocenters. The van der Waals surface area contributed by atoms with Gasteiger partial charge in [0.05, 0.1) is 17.9 Å². The summed E-state index contributed by atoms with van der Waals surface area (Å²) in [5.41, 5.74) is 3.00. The fraction of sp³-hybridized carbons (Fsp3) is 0.300. The lowest BCUT2D eigenvalue weighted by molar-refractivity contribution is -0.121. The number of halogens is 1. The summed E-state index contributed by atoms with van der Waals surface area (Å²) in [5, 5.41) is 8.10. The van der Waals surface area contributed by atoms with E-state index in [0.29, 0.717) is 17.4 Å². The first kappa shape index (κ1) is 18.6. The van der Waals surface area contributed by atoms with Crippen molar-refractivity contribution >= 4 is 23.2 Å². The molecule has 0 aliphatic carbocycles. The van der Waals surface area contributed by atoms with Crippen LogP contribution in [0.1, 0.15) is 24.0 Å². The van der Waals surface area contributed by atoms with Gasteiger partial charge < -0.3 is 5.32 Å². The molecule has 0 radical (unpaired) electrons. The number of amides is 1. The van der Waals surface area contributed by atoms with E-state index >= 15 is 0 Å². The first-order chi connectivity index (χ1) is 13.5. The molecule has 1 unspecified atom stereocenters. The number of carbonyl (C=O) groups is 1. The van der Waals surface area contributed by atoms with Gasteiger partial charge in [0, 0.05) is 48.0 Å². The van der Waals surface area contributed by atoms with E-state index in [-0.39, 0.29) is 11.9 Å². The molecule has 0 saturated heterocycles. The van der Waals surface area contributed by atoms with E-state index in [9.17, 15) is 4.79 Å². The van der Waals surface area contributed by atoms with Crippen molar-refractivity contribution in [3.63, 3.8) is 0 Å². The average molecular weight is 397 g/mol. The van der Waals surface area contributed by atoms with E-state index in [1.807, 2.05) is 30.8 Å². The Bertz CT molecular complexity index is 1000. The Morgan fingerprint density at radius 3 is 2.79 bits per heavy atom. The molecule has 8 heteroatoms. The summed E-state index contributed by atoms with van der Waals surface area (Å²) in [4.78, 5) is 23.4. The van der Waals surface area contributed by atoms with E-state index < -0.39 is 0 Å². The van der Waals surface area contributed by atoms with Gasteiger partial charge in [0.1, 0.15) is 5.82 Å². The summed E-state index contributed by atoms with van der Waals surface area (Å²) in [6.45, 7) is 5.24. The van der Waals surface area contributed by atoms with Gasteiger partial charge in [0.25, 0.3) is 0 Å². The van der Waals surface area contributed by atoms with Crippen LogP contribution in [0.5, 0.6) is 0 Å². The average Bonchev–Trinajstić information content (AvgIpc) is 3.12. The molecule has 2 aromatic heterocycles.